The summed E-state index contributed by atoms with van der Waals surface area (Å²) in [4.78, 5) is 4.18. The lowest BCUT2D eigenvalue weighted by Crippen LogP contribution is -2.01. The van der Waals surface area contributed by atoms with Crippen LogP contribution in [-0.2, 0) is 6.54 Å². The van der Waals surface area contributed by atoms with Gasteiger partial charge in [0, 0.05) is 41.1 Å². The predicted octanol–water partition coefficient (Wildman–Crippen LogP) is 3.44. The van der Waals surface area contributed by atoms with Crippen molar-refractivity contribution in [2.75, 3.05) is 18.2 Å². The molecule has 0 radical (unpaired) electrons. The number of benzene rings is 2. The van der Waals surface area contributed by atoms with Crippen molar-refractivity contribution in [1.29, 1.82) is 0 Å². The zero-order valence-corrected chi connectivity index (χ0v) is 11.8. The lowest BCUT2D eigenvalue weighted by atomic mass is 10.1. The van der Waals surface area contributed by atoms with E-state index < -0.39 is 0 Å². The topological polar surface area (TPSA) is 60.2 Å². The standard InChI is InChI=1S/C17H17N3O/c1-21-13-4-2-12(3-5-13)10-20-17-7-6-16(18)14-8-9-19-11-15(14)17/h2-9,11,20H,10,18H2,1H3. The molecule has 0 spiro atoms. The number of rotatable bonds is 4. The van der Waals surface area contributed by atoms with Crippen molar-refractivity contribution in [3.63, 3.8) is 0 Å². The SMILES string of the molecule is COc1ccc(CNc2ccc(N)c3ccncc23)cc1. The second-order valence-corrected chi connectivity index (χ2v) is 4.83. The molecule has 0 aliphatic rings. The summed E-state index contributed by atoms with van der Waals surface area (Å²) in [5.41, 5.74) is 8.98. The molecular formula is C17H17N3O. The number of anilines is 2. The van der Waals surface area contributed by atoms with Gasteiger partial charge in [-0.1, -0.05) is 12.1 Å². The molecule has 0 saturated heterocycles. The number of pyridine rings is 1. The quantitative estimate of drug-likeness (QED) is 0.718. The fourth-order valence-corrected chi connectivity index (χ4v) is 2.31. The van der Waals surface area contributed by atoms with Gasteiger partial charge in [0.1, 0.15) is 5.75 Å². The molecule has 4 nitrogen and oxygen atoms in total. The van der Waals surface area contributed by atoms with Crippen molar-refractivity contribution < 1.29 is 4.74 Å². The van der Waals surface area contributed by atoms with Gasteiger partial charge in [0.05, 0.1) is 7.11 Å². The third kappa shape index (κ3) is 2.74. The fourth-order valence-electron chi connectivity index (χ4n) is 2.31. The first-order valence-corrected chi connectivity index (χ1v) is 6.77. The van der Waals surface area contributed by atoms with Gasteiger partial charge in [0.15, 0.2) is 0 Å². The van der Waals surface area contributed by atoms with Crippen LogP contribution in [-0.4, -0.2) is 12.1 Å². The van der Waals surface area contributed by atoms with Crippen LogP contribution in [0.15, 0.2) is 54.9 Å². The van der Waals surface area contributed by atoms with E-state index in [2.05, 4.69) is 10.3 Å². The first-order chi connectivity index (χ1) is 10.3. The average Bonchev–Trinajstić information content (AvgIpc) is 2.55. The van der Waals surface area contributed by atoms with Gasteiger partial charge in [-0.05, 0) is 35.9 Å². The molecule has 0 saturated carbocycles. The summed E-state index contributed by atoms with van der Waals surface area (Å²) < 4.78 is 5.16. The molecule has 0 bridgehead atoms. The molecule has 2 aromatic carbocycles. The summed E-state index contributed by atoms with van der Waals surface area (Å²) in [7, 11) is 1.67. The number of nitrogens with one attached hydrogen (secondary N) is 1. The average molecular weight is 279 g/mol. The predicted molar refractivity (Wildman–Crippen MR) is 86.5 cm³/mol. The monoisotopic (exact) mass is 279 g/mol. The van der Waals surface area contributed by atoms with Crippen LogP contribution >= 0.6 is 0 Å². The molecule has 1 aromatic heterocycles. The van der Waals surface area contributed by atoms with Crippen molar-refractivity contribution in [3.05, 3.63) is 60.4 Å². The molecule has 21 heavy (non-hydrogen) atoms. The van der Waals surface area contributed by atoms with Crippen molar-refractivity contribution >= 4 is 22.1 Å². The van der Waals surface area contributed by atoms with Crippen LogP contribution in [0, 0.1) is 0 Å². The van der Waals surface area contributed by atoms with E-state index in [1.54, 1.807) is 13.3 Å². The Balaban J connectivity index is 1.83. The highest BCUT2D eigenvalue weighted by Gasteiger charge is 2.04. The van der Waals surface area contributed by atoms with Gasteiger partial charge in [-0.3, -0.25) is 4.98 Å². The summed E-state index contributed by atoms with van der Waals surface area (Å²) >= 11 is 0. The van der Waals surface area contributed by atoms with Crippen LogP contribution in [0.3, 0.4) is 0 Å². The van der Waals surface area contributed by atoms with Crippen molar-refractivity contribution in [3.8, 4) is 5.75 Å². The van der Waals surface area contributed by atoms with Crippen molar-refractivity contribution in [1.82, 2.24) is 4.98 Å². The Morgan fingerprint density at radius 2 is 1.86 bits per heavy atom. The van der Waals surface area contributed by atoms with Crippen LogP contribution < -0.4 is 15.8 Å². The maximum absolute atomic E-state index is 5.99. The second kappa shape index (κ2) is 5.71. The van der Waals surface area contributed by atoms with E-state index in [0.717, 1.165) is 34.4 Å². The highest BCUT2D eigenvalue weighted by atomic mass is 16.5. The first kappa shape index (κ1) is 13.2. The smallest absolute Gasteiger partial charge is 0.118 e. The Kier molecular flexibility index (Phi) is 3.60. The van der Waals surface area contributed by atoms with E-state index in [4.69, 9.17) is 10.5 Å². The van der Waals surface area contributed by atoms with E-state index in [9.17, 15) is 0 Å². The van der Waals surface area contributed by atoms with E-state index in [1.807, 2.05) is 48.7 Å². The Labute approximate surface area is 123 Å². The molecule has 0 unspecified atom stereocenters. The molecule has 4 heteroatoms. The van der Waals surface area contributed by atoms with Crippen molar-refractivity contribution in [2.45, 2.75) is 6.54 Å². The molecule has 3 aromatic rings. The number of methoxy groups -OCH3 is 1. The molecule has 1 heterocycles. The summed E-state index contributed by atoms with van der Waals surface area (Å²) in [5, 5.41) is 5.48. The van der Waals surface area contributed by atoms with Gasteiger partial charge >= 0.3 is 0 Å². The number of hydrogen-bond donors (Lipinski definition) is 2. The highest BCUT2D eigenvalue weighted by Crippen LogP contribution is 2.27. The molecule has 3 rings (SSSR count). The number of nitrogen functional groups attached to an aromatic ring is 1. The van der Waals surface area contributed by atoms with Crippen LogP contribution in [0.5, 0.6) is 5.75 Å². The summed E-state index contributed by atoms with van der Waals surface area (Å²) in [6, 6.07) is 13.8. The molecular weight excluding hydrogens is 262 g/mol. The summed E-state index contributed by atoms with van der Waals surface area (Å²) in [6.07, 6.45) is 3.59. The summed E-state index contributed by atoms with van der Waals surface area (Å²) in [5.74, 6) is 0.862. The lowest BCUT2D eigenvalue weighted by Gasteiger charge is -2.11. The molecule has 0 aliphatic heterocycles. The van der Waals surface area contributed by atoms with Gasteiger partial charge in [0.25, 0.3) is 0 Å². The normalized spacial score (nSPS) is 10.5. The Morgan fingerprint density at radius 1 is 1.05 bits per heavy atom. The molecule has 0 amide bonds. The fraction of sp³-hybridized carbons (Fsp3) is 0.118. The molecule has 3 N–H and O–H groups in total. The Hall–Kier alpha value is -2.75. The largest absolute Gasteiger partial charge is 0.497 e. The minimum atomic E-state index is 0.734. The van der Waals surface area contributed by atoms with E-state index in [0.29, 0.717) is 0 Å². The Bertz CT molecular complexity index is 754. The van der Waals surface area contributed by atoms with Gasteiger partial charge in [0.2, 0.25) is 0 Å². The number of ether oxygens (including phenoxy) is 1. The third-order valence-corrected chi connectivity index (χ3v) is 3.49. The molecule has 0 atom stereocenters. The van der Waals surface area contributed by atoms with Crippen LogP contribution in [0.1, 0.15) is 5.56 Å². The molecule has 0 fully saturated rings. The summed E-state index contributed by atoms with van der Waals surface area (Å²) in [6.45, 7) is 0.734. The highest BCUT2D eigenvalue weighted by molar-refractivity contribution is 6.00. The molecule has 106 valence electrons. The minimum absolute atomic E-state index is 0.734. The Morgan fingerprint density at radius 3 is 2.62 bits per heavy atom. The zero-order valence-electron chi connectivity index (χ0n) is 11.8. The maximum atomic E-state index is 5.99. The zero-order chi connectivity index (χ0) is 14.7. The van der Waals surface area contributed by atoms with Crippen LogP contribution in [0.25, 0.3) is 10.8 Å². The number of aromatic nitrogens is 1. The number of fused-ring (bicyclic) bond motifs is 1. The van der Waals surface area contributed by atoms with E-state index in [-0.39, 0.29) is 0 Å². The van der Waals surface area contributed by atoms with Crippen LogP contribution in [0.4, 0.5) is 11.4 Å². The second-order valence-electron chi connectivity index (χ2n) is 4.83. The first-order valence-electron chi connectivity index (χ1n) is 6.77. The lowest BCUT2D eigenvalue weighted by molar-refractivity contribution is 0.414. The van der Waals surface area contributed by atoms with Gasteiger partial charge < -0.3 is 15.8 Å². The third-order valence-electron chi connectivity index (χ3n) is 3.49. The van der Waals surface area contributed by atoms with Gasteiger partial charge in [-0.2, -0.15) is 0 Å². The number of nitrogens with two attached hydrogens (primary N) is 1. The van der Waals surface area contributed by atoms with Crippen molar-refractivity contribution in [2.24, 2.45) is 0 Å². The van der Waals surface area contributed by atoms with Crippen LogP contribution in [0.2, 0.25) is 0 Å². The maximum Gasteiger partial charge on any atom is 0.118 e. The van der Waals surface area contributed by atoms with E-state index >= 15 is 0 Å². The number of hydrogen-bond acceptors (Lipinski definition) is 4. The molecule has 0 aliphatic carbocycles. The van der Waals surface area contributed by atoms with E-state index in [1.165, 1.54) is 5.56 Å². The number of nitrogens with zero attached hydrogens (tertiary/aromatic N) is 1. The van der Waals surface area contributed by atoms with Gasteiger partial charge in [-0.15, -0.1) is 0 Å². The van der Waals surface area contributed by atoms with Gasteiger partial charge in [-0.25, -0.2) is 0 Å². The minimum Gasteiger partial charge on any atom is -0.497 e.